The SMILES string of the molecule is C=Cc1cc(F)cc(CC(=O)N2CCCC(F)(F)C2)c1. The van der Waals surface area contributed by atoms with Gasteiger partial charge in [0.1, 0.15) is 5.82 Å². The van der Waals surface area contributed by atoms with E-state index in [2.05, 4.69) is 6.58 Å². The number of alkyl halides is 2. The standard InChI is InChI=1S/C15H16F3NO/c1-2-11-6-12(8-13(16)7-11)9-14(20)19-5-3-4-15(17,18)10-19/h2,6-8H,1,3-5,9-10H2. The minimum absolute atomic E-state index is 0.0747. The number of carbonyl (C=O) groups excluding carboxylic acids is 1. The van der Waals surface area contributed by atoms with E-state index in [0.717, 1.165) is 4.90 Å². The second-order valence-electron chi connectivity index (χ2n) is 5.05. The Bertz CT molecular complexity index is 528. The summed E-state index contributed by atoms with van der Waals surface area (Å²) in [5.41, 5.74) is 1.04. The Morgan fingerprint density at radius 1 is 1.40 bits per heavy atom. The maximum absolute atomic E-state index is 13.3. The van der Waals surface area contributed by atoms with Crippen molar-refractivity contribution in [3.05, 3.63) is 41.7 Å². The first-order chi connectivity index (χ1) is 9.39. The van der Waals surface area contributed by atoms with Crippen LogP contribution in [0.25, 0.3) is 6.08 Å². The molecule has 2 nitrogen and oxygen atoms in total. The lowest BCUT2D eigenvalue weighted by atomic mass is 10.0. The number of halogens is 3. The van der Waals surface area contributed by atoms with Crippen LogP contribution in [0.2, 0.25) is 0 Å². The first-order valence-electron chi connectivity index (χ1n) is 6.47. The van der Waals surface area contributed by atoms with Crippen LogP contribution in [0.5, 0.6) is 0 Å². The Labute approximate surface area is 115 Å². The maximum Gasteiger partial charge on any atom is 0.265 e. The van der Waals surface area contributed by atoms with Gasteiger partial charge < -0.3 is 4.90 Å². The summed E-state index contributed by atoms with van der Waals surface area (Å²) < 4.78 is 39.9. The predicted octanol–water partition coefficient (Wildman–Crippen LogP) is 3.27. The van der Waals surface area contributed by atoms with Crippen LogP contribution < -0.4 is 0 Å². The van der Waals surface area contributed by atoms with E-state index in [9.17, 15) is 18.0 Å². The molecule has 5 heteroatoms. The average Bonchev–Trinajstić information content (AvgIpc) is 2.36. The van der Waals surface area contributed by atoms with Gasteiger partial charge >= 0.3 is 0 Å². The lowest BCUT2D eigenvalue weighted by molar-refractivity contribution is -0.140. The molecule has 20 heavy (non-hydrogen) atoms. The van der Waals surface area contributed by atoms with E-state index in [1.54, 1.807) is 6.07 Å². The Balaban J connectivity index is 2.08. The molecule has 1 fully saturated rings. The molecular weight excluding hydrogens is 267 g/mol. The molecular formula is C15H16F3NO. The number of hydrogen-bond acceptors (Lipinski definition) is 1. The topological polar surface area (TPSA) is 20.3 Å². The Hall–Kier alpha value is -1.78. The smallest absolute Gasteiger partial charge is 0.265 e. The Morgan fingerprint density at radius 2 is 2.15 bits per heavy atom. The zero-order valence-corrected chi connectivity index (χ0v) is 11.0. The van der Waals surface area contributed by atoms with Gasteiger partial charge in [0.15, 0.2) is 0 Å². The number of piperidine rings is 1. The summed E-state index contributed by atoms with van der Waals surface area (Å²) in [5, 5.41) is 0. The molecule has 0 N–H and O–H groups in total. The summed E-state index contributed by atoms with van der Waals surface area (Å²) in [6, 6.07) is 4.18. The highest BCUT2D eigenvalue weighted by Gasteiger charge is 2.36. The normalized spacial score (nSPS) is 17.9. The first-order valence-corrected chi connectivity index (χ1v) is 6.47. The number of carbonyl (C=O) groups is 1. The van der Waals surface area contributed by atoms with E-state index < -0.39 is 24.2 Å². The van der Waals surface area contributed by atoms with E-state index in [0.29, 0.717) is 24.1 Å². The molecule has 1 heterocycles. The van der Waals surface area contributed by atoms with E-state index >= 15 is 0 Å². The molecule has 0 bridgehead atoms. The van der Waals surface area contributed by atoms with Crippen molar-refractivity contribution in [2.75, 3.05) is 13.1 Å². The molecule has 2 rings (SSSR count). The number of likely N-dealkylation sites (tertiary alicyclic amines) is 1. The molecule has 0 radical (unpaired) electrons. The summed E-state index contributed by atoms with van der Waals surface area (Å²) in [5.74, 6) is -3.68. The summed E-state index contributed by atoms with van der Waals surface area (Å²) in [6.07, 6.45) is 1.51. The van der Waals surface area contributed by atoms with Crippen LogP contribution in [0.3, 0.4) is 0 Å². The monoisotopic (exact) mass is 283 g/mol. The van der Waals surface area contributed by atoms with Crippen molar-refractivity contribution >= 4 is 12.0 Å². The van der Waals surface area contributed by atoms with Gasteiger partial charge in [-0.25, -0.2) is 13.2 Å². The summed E-state index contributed by atoms with van der Waals surface area (Å²) in [7, 11) is 0. The summed E-state index contributed by atoms with van der Waals surface area (Å²) >= 11 is 0. The number of nitrogens with zero attached hydrogens (tertiary/aromatic N) is 1. The van der Waals surface area contributed by atoms with Crippen molar-refractivity contribution in [3.63, 3.8) is 0 Å². The van der Waals surface area contributed by atoms with Crippen molar-refractivity contribution in [2.24, 2.45) is 0 Å². The lowest BCUT2D eigenvalue weighted by Gasteiger charge is -2.32. The van der Waals surface area contributed by atoms with Crippen LogP contribution in [-0.4, -0.2) is 29.8 Å². The molecule has 0 unspecified atom stereocenters. The van der Waals surface area contributed by atoms with Crippen LogP contribution in [0.4, 0.5) is 13.2 Å². The Morgan fingerprint density at radius 3 is 2.80 bits per heavy atom. The van der Waals surface area contributed by atoms with E-state index in [1.165, 1.54) is 18.2 Å². The second-order valence-corrected chi connectivity index (χ2v) is 5.05. The fourth-order valence-electron chi connectivity index (χ4n) is 2.36. The molecule has 0 spiro atoms. The second kappa shape index (κ2) is 5.69. The van der Waals surface area contributed by atoms with Gasteiger partial charge in [-0.05, 0) is 29.7 Å². The number of rotatable bonds is 3. The van der Waals surface area contributed by atoms with Crippen LogP contribution in [0.1, 0.15) is 24.0 Å². The van der Waals surface area contributed by atoms with E-state index in [4.69, 9.17) is 0 Å². The van der Waals surface area contributed by atoms with Crippen molar-refractivity contribution in [1.82, 2.24) is 4.90 Å². The molecule has 1 aromatic rings. The quantitative estimate of drug-likeness (QED) is 0.833. The van der Waals surface area contributed by atoms with Gasteiger partial charge in [0.05, 0.1) is 13.0 Å². The molecule has 0 saturated carbocycles. The number of benzene rings is 1. The van der Waals surface area contributed by atoms with Gasteiger partial charge in [0.2, 0.25) is 5.91 Å². The largest absolute Gasteiger partial charge is 0.336 e. The van der Waals surface area contributed by atoms with Gasteiger partial charge in [-0.3, -0.25) is 4.79 Å². The minimum Gasteiger partial charge on any atom is -0.336 e. The predicted molar refractivity (Wildman–Crippen MR) is 71.0 cm³/mol. The lowest BCUT2D eigenvalue weighted by Crippen LogP contribution is -2.46. The zero-order chi connectivity index (χ0) is 14.8. The summed E-state index contributed by atoms with van der Waals surface area (Å²) in [6.45, 7) is 3.33. The fourth-order valence-corrected chi connectivity index (χ4v) is 2.36. The zero-order valence-electron chi connectivity index (χ0n) is 11.0. The third-order valence-corrected chi connectivity index (χ3v) is 3.32. The van der Waals surface area contributed by atoms with Gasteiger partial charge in [0.25, 0.3) is 5.92 Å². The highest BCUT2D eigenvalue weighted by atomic mass is 19.3. The molecule has 0 aromatic heterocycles. The van der Waals surface area contributed by atoms with Gasteiger partial charge in [-0.1, -0.05) is 18.7 Å². The molecule has 0 aliphatic carbocycles. The highest BCUT2D eigenvalue weighted by molar-refractivity contribution is 5.79. The third kappa shape index (κ3) is 3.62. The van der Waals surface area contributed by atoms with Crippen molar-refractivity contribution in [3.8, 4) is 0 Å². The first kappa shape index (κ1) is 14.6. The molecule has 1 aliphatic rings. The summed E-state index contributed by atoms with van der Waals surface area (Å²) in [4.78, 5) is 13.2. The van der Waals surface area contributed by atoms with Crippen molar-refractivity contribution < 1.29 is 18.0 Å². The number of hydrogen-bond donors (Lipinski definition) is 0. The third-order valence-electron chi connectivity index (χ3n) is 3.32. The van der Waals surface area contributed by atoms with Gasteiger partial charge in [0, 0.05) is 13.0 Å². The molecule has 1 aromatic carbocycles. The average molecular weight is 283 g/mol. The maximum atomic E-state index is 13.3. The fraction of sp³-hybridized carbons (Fsp3) is 0.400. The molecule has 1 saturated heterocycles. The van der Waals surface area contributed by atoms with Crippen molar-refractivity contribution in [2.45, 2.75) is 25.2 Å². The van der Waals surface area contributed by atoms with Crippen molar-refractivity contribution in [1.29, 1.82) is 0 Å². The van der Waals surface area contributed by atoms with Crippen LogP contribution in [-0.2, 0) is 11.2 Å². The highest BCUT2D eigenvalue weighted by Crippen LogP contribution is 2.27. The minimum atomic E-state index is -2.82. The molecule has 1 aliphatic heterocycles. The molecule has 0 atom stereocenters. The Kier molecular flexibility index (Phi) is 4.16. The van der Waals surface area contributed by atoms with Crippen LogP contribution in [0, 0.1) is 5.82 Å². The molecule has 108 valence electrons. The molecule has 1 amide bonds. The van der Waals surface area contributed by atoms with Gasteiger partial charge in [-0.15, -0.1) is 0 Å². The number of amides is 1. The van der Waals surface area contributed by atoms with Crippen LogP contribution in [0.15, 0.2) is 24.8 Å². The van der Waals surface area contributed by atoms with Gasteiger partial charge in [-0.2, -0.15) is 0 Å². The van der Waals surface area contributed by atoms with E-state index in [1.807, 2.05) is 0 Å². The van der Waals surface area contributed by atoms with E-state index in [-0.39, 0.29) is 12.8 Å². The van der Waals surface area contributed by atoms with Crippen LogP contribution >= 0.6 is 0 Å².